The molecule has 3 heteroatoms. The lowest BCUT2D eigenvalue weighted by Gasteiger charge is -2.24. The van der Waals surface area contributed by atoms with Crippen molar-refractivity contribution >= 4 is 17.1 Å². The fourth-order valence-electron chi connectivity index (χ4n) is 2.18. The Morgan fingerprint density at radius 1 is 1.18 bits per heavy atom. The van der Waals surface area contributed by atoms with Gasteiger partial charge < -0.3 is 4.74 Å². The highest BCUT2D eigenvalue weighted by atomic mass is 32.1. The Labute approximate surface area is 104 Å². The molecule has 0 fully saturated rings. The molecule has 0 spiro atoms. The summed E-state index contributed by atoms with van der Waals surface area (Å²) in [4.78, 5) is 11.8. The van der Waals surface area contributed by atoms with E-state index >= 15 is 0 Å². The number of hydrogen-bond acceptors (Lipinski definition) is 3. The molecule has 0 saturated heterocycles. The maximum atomic E-state index is 11.8. The van der Waals surface area contributed by atoms with E-state index in [9.17, 15) is 4.79 Å². The number of ketones is 1. The third-order valence-electron chi connectivity index (χ3n) is 3.00. The Bertz CT molecular complexity index is 531. The van der Waals surface area contributed by atoms with Crippen molar-refractivity contribution in [1.29, 1.82) is 0 Å². The van der Waals surface area contributed by atoms with E-state index in [-0.39, 0.29) is 11.9 Å². The lowest BCUT2D eigenvalue weighted by molar-refractivity contribution is 0.0923. The van der Waals surface area contributed by atoms with Gasteiger partial charge in [0.25, 0.3) is 0 Å². The van der Waals surface area contributed by atoms with Gasteiger partial charge in [-0.1, -0.05) is 24.3 Å². The van der Waals surface area contributed by atoms with E-state index in [1.807, 2.05) is 41.8 Å². The second-order valence-electron chi connectivity index (χ2n) is 4.09. The van der Waals surface area contributed by atoms with Crippen LogP contribution in [0.3, 0.4) is 0 Å². The molecule has 2 aromatic rings. The zero-order valence-corrected chi connectivity index (χ0v) is 10.1. The van der Waals surface area contributed by atoms with Gasteiger partial charge in [0.05, 0.1) is 0 Å². The number of rotatable bonds is 2. The molecule has 1 heterocycles. The van der Waals surface area contributed by atoms with Crippen molar-refractivity contribution in [2.75, 3.05) is 0 Å². The molecule has 1 aromatic heterocycles. The third kappa shape index (κ3) is 1.98. The van der Waals surface area contributed by atoms with Crippen LogP contribution >= 0.6 is 11.3 Å². The molecule has 2 nitrogen and oxygen atoms in total. The molecule has 1 aliphatic carbocycles. The van der Waals surface area contributed by atoms with Gasteiger partial charge in [-0.05, 0) is 23.9 Å². The van der Waals surface area contributed by atoms with Gasteiger partial charge in [0, 0.05) is 17.5 Å². The molecule has 0 saturated carbocycles. The average Bonchev–Trinajstić information content (AvgIpc) is 2.86. The molecule has 0 amide bonds. The van der Waals surface area contributed by atoms with Crippen molar-refractivity contribution in [3.63, 3.8) is 0 Å². The molecule has 1 atom stereocenters. The summed E-state index contributed by atoms with van der Waals surface area (Å²) in [6, 6.07) is 11.7. The van der Waals surface area contributed by atoms with Gasteiger partial charge in [-0.15, -0.1) is 11.3 Å². The predicted molar refractivity (Wildman–Crippen MR) is 67.7 cm³/mol. The van der Waals surface area contributed by atoms with Crippen molar-refractivity contribution < 1.29 is 9.53 Å². The molecule has 17 heavy (non-hydrogen) atoms. The summed E-state index contributed by atoms with van der Waals surface area (Å²) in [7, 11) is 0. The Hall–Kier alpha value is -1.61. The maximum absolute atomic E-state index is 11.8. The average molecular weight is 244 g/mol. The molecular weight excluding hydrogens is 232 g/mol. The van der Waals surface area contributed by atoms with Crippen LogP contribution in [0.1, 0.15) is 34.9 Å². The Morgan fingerprint density at radius 3 is 2.88 bits per heavy atom. The summed E-state index contributed by atoms with van der Waals surface area (Å²) in [5, 5.41) is 2.91. The number of benzene rings is 1. The number of ether oxygens (including phenoxy) is 1. The molecule has 0 N–H and O–H groups in total. The Balaban J connectivity index is 1.93. The standard InChI is InChI=1S/C14H12O2S/c15-12-7-8-13(16-14-6-3-9-17-14)11-5-2-1-4-10(11)12/h1-6,9,13H,7-8H2. The number of hydrogen-bond donors (Lipinski definition) is 0. The van der Waals surface area contributed by atoms with Crippen LogP contribution in [0.15, 0.2) is 41.8 Å². The van der Waals surface area contributed by atoms with Crippen LogP contribution in [0.5, 0.6) is 5.06 Å². The molecule has 3 rings (SSSR count). The predicted octanol–water partition coefficient (Wildman–Crippen LogP) is 3.84. The van der Waals surface area contributed by atoms with Gasteiger partial charge in [0.15, 0.2) is 10.8 Å². The Kier molecular flexibility index (Phi) is 2.69. The lowest BCUT2D eigenvalue weighted by Crippen LogP contribution is -2.19. The highest BCUT2D eigenvalue weighted by Gasteiger charge is 2.26. The van der Waals surface area contributed by atoms with Gasteiger partial charge >= 0.3 is 0 Å². The molecule has 86 valence electrons. The number of thiophene rings is 1. The zero-order valence-electron chi connectivity index (χ0n) is 9.26. The molecule has 0 bridgehead atoms. The van der Waals surface area contributed by atoms with Gasteiger partial charge in [0.2, 0.25) is 0 Å². The molecule has 1 aromatic carbocycles. The minimum absolute atomic E-state index is 0.0162. The number of carbonyl (C=O) groups is 1. The van der Waals surface area contributed by atoms with Crippen LogP contribution in [0.2, 0.25) is 0 Å². The quantitative estimate of drug-likeness (QED) is 0.802. The first-order chi connectivity index (χ1) is 8.34. The van der Waals surface area contributed by atoms with Crippen molar-refractivity contribution in [3.8, 4) is 5.06 Å². The van der Waals surface area contributed by atoms with E-state index in [0.29, 0.717) is 6.42 Å². The minimum Gasteiger partial charge on any atom is -0.476 e. The summed E-state index contributed by atoms with van der Waals surface area (Å²) in [6.07, 6.45) is 1.36. The van der Waals surface area contributed by atoms with E-state index in [1.165, 1.54) is 0 Å². The van der Waals surface area contributed by atoms with Gasteiger partial charge in [-0.3, -0.25) is 4.79 Å². The monoisotopic (exact) mass is 244 g/mol. The number of carbonyl (C=O) groups excluding carboxylic acids is 1. The van der Waals surface area contributed by atoms with Crippen molar-refractivity contribution in [3.05, 3.63) is 52.9 Å². The highest BCUT2D eigenvalue weighted by molar-refractivity contribution is 7.11. The fraction of sp³-hybridized carbons (Fsp3) is 0.214. The summed E-state index contributed by atoms with van der Waals surface area (Å²) in [5.74, 6) is 0.228. The topological polar surface area (TPSA) is 26.3 Å². The molecule has 1 aliphatic rings. The Morgan fingerprint density at radius 2 is 2.06 bits per heavy atom. The summed E-state index contributed by atoms with van der Waals surface area (Å²) in [6.45, 7) is 0. The number of fused-ring (bicyclic) bond motifs is 1. The highest BCUT2D eigenvalue weighted by Crippen LogP contribution is 2.34. The SMILES string of the molecule is O=C1CCC(Oc2cccs2)c2ccccc21. The first-order valence-electron chi connectivity index (χ1n) is 5.67. The van der Waals surface area contributed by atoms with Gasteiger partial charge in [-0.2, -0.15) is 0 Å². The normalized spacial score (nSPS) is 18.8. The fourth-order valence-corrected chi connectivity index (χ4v) is 2.80. The van der Waals surface area contributed by atoms with Crippen LogP contribution in [0.4, 0.5) is 0 Å². The maximum Gasteiger partial charge on any atom is 0.174 e. The molecule has 1 unspecified atom stereocenters. The van der Waals surface area contributed by atoms with E-state index in [4.69, 9.17) is 4.74 Å². The lowest BCUT2D eigenvalue weighted by atomic mass is 9.88. The smallest absolute Gasteiger partial charge is 0.174 e. The molecular formula is C14H12O2S. The van der Waals surface area contributed by atoms with Crippen LogP contribution < -0.4 is 4.74 Å². The van der Waals surface area contributed by atoms with Crippen LogP contribution in [0, 0.1) is 0 Å². The van der Waals surface area contributed by atoms with Crippen molar-refractivity contribution in [2.45, 2.75) is 18.9 Å². The largest absolute Gasteiger partial charge is 0.476 e. The zero-order chi connectivity index (χ0) is 11.7. The minimum atomic E-state index is 0.0162. The first kappa shape index (κ1) is 10.5. The van der Waals surface area contributed by atoms with E-state index in [1.54, 1.807) is 11.3 Å². The van der Waals surface area contributed by atoms with Crippen LogP contribution in [-0.2, 0) is 0 Å². The van der Waals surface area contributed by atoms with Crippen LogP contribution in [0.25, 0.3) is 0 Å². The number of Topliss-reactive ketones (excluding diaryl/α,β-unsaturated/α-hetero) is 1. The van der Waals surface area contributed by atoms with Crippen LogP contribution in [-0.4, -0.2) is 5.78 Å². The van der Waals surface area contributed by atoms with Crippen molar-refractivity contribution in [2.24, 2.45) is 0 Å². The second kappa shape index (κ2) is 4.34. The molecule has 0 radical (unpaired) electrons. The van der Waals surface area contributed by atoms with Gasteiger partial charge in [-0.25, -0.2) is 0 Å². The third-order valence-corrected chi connectivity index (χ3v) is 3.75. The van der Waals surface area contributed by atoms with E-state index in [0.717, 1.165) is 22.6 Å². The first-order valence-corrected chi connectivity index (χ1v) is 6.55. The summed E-state index contributed by atoms with van der Waals surface area (Å²) in [5.41, 5.74) is 1.84. The van der Waals surface area contributed by atoms with E-state index < -0.39 is 0 Å². The summed E-state index contributed by atoms with van der Waals surface area (Å²) >= 11 is 1.58. The molecule has 0 aliphatic heterocycles. The van der Waals surface area contributed by atoms with Crippen molar-refractivity contribution in [1.82, 2.24) is 0 Å². The second-order valence-corrected chi connectivity index (χ2v) is 5.00. The summed E-state index contributed by atoms with van der Waals surface area (Å²) < 4.78 is 5.94. The van der Waals surface area contributed by atoms with Gasteiger partial charge in [0.1, 0.15) is 6.10 Å². The van der Waals surface area contributed by atoms with E-state index in [2.05, 4.69) is 0 Å².